The van der Waals surface area contributed by atoms with E-state index in [4.69, 9.17) is 21.7 Å². The average Bonchev–Trinajstić information content (AvgIpc) is 2.90. The van der Waals surface area contributed by atoms with Gasteiger partial charge in [-0.2, -0.15) is 0 Å². The maximum atomic E-state index is 12.9. The minimum absolute atomic E-state index is 0.0862. The topological polar surface area (TPSA) is 69.8 Å². The second kappa shape index (κ2) is 13.4. The van der Waals surface area contributed by atoms with E-state index in [1.165, 1.54) is 5.56 Å². The standard InChI is InChI=1S/C28H36N4O3S/c1-2-35-25-9-10-26-23(20-25)19-24(27(33)30-26)21-32(14-6-13-31-15-17-34-18-16-31)28(36)29-12-11-22-7-4-3-5-8-22/h3-5,7-10,19-20H,2,6,11-18,21H2,1H3,(H,29,36)(H,30,33). The predicted octanol–water partition coefficient (Wildman–Crippen LogP) is 3.57. The number of morpholine rings is 1. The lowest BCUT2D eigenvalue weighted by Gasteiger charge is -2.29. The van der Waals surface area contributed by atoms with E-state index in [-0.39, 0.29) is 5.56 Å². The van der Waals surface area contributed by atoms with Crippen LogP contribution in [0, 0.1) is 0 Å². The number of ether oxygens (including phenoxy) is 2. The lowest BCUT2D eigenvalue weighted by molar-refractivity contribution is 0.0367. The third kappa shape index (κ3) is 7.53. The first kappa shape index (κ1) is 26.1. The molecule has 1 aliphatic heterocycles. The molecule has 4 rings (SSSR count). The van der Waals surface area contributed by atoms with Crippen molar-refractivity contribution in [2.45, 2.75) is 26.3 Å². The zero-order valence-electron chi connectivity index (χ0n) is 21.0. The number of aromatic amines is 1. The molecule has 192 valence electrons. The van der Waals surface area contributed by atoms with Gasteiger partial charge >= 0.3 is 0 Å². The van der Waals surface area contributed by atoms with Gasteiger partial charge in [-0.25, -0.2) is 0 Å². The van der Waals surface area contributed by atoms with E-state index in [1.807, 2.05) is 37.3 Å². The van der Waals surface area contributed by atoms with Gasteiger partial charge in [0.15, 0.2) is 5.11 Å². The van der Waals surface area contributed by atoms with E-state index in [1.54, 1.807) is 0 Å². The highest BCUT2D eigenvalue weighted by atomic mass is 32.1. The molecule has 2 aromatic carbocycles. The van der Waals surface area contributed by atoms with Crippen LogP contribution in [0.2, 0.25) is 0 Å². The zero-order valence-corrected chi connectivity index (χ0v) is 21.8. The van der Waals surface area contributed by atoms with Gasteiger partial charge in [0.05, 0.1) is 26.4 Å². The van der Waals surface area contributed by atoms with Gasteiger partial charge in [0.2, 0.25) is 0 Å². The Labute approximate surface area is 218 Å². The smallest absolute Gasteiger partial charge is 0.253 e. The van der Waals surface area contributed by atoms with Crippen molar-refractivity contribution in [2.24, 2.45) is 0 Å². The Morgan fingerprint density at radius 1 is 1.17 bits per heavy atom. The fourth-order valence-corrected chi connectivity index (χ4v) is 4.70. The number of pyridine rings is 1. The number of nitrogens with zero attached hydrogens (tertiary/aromatic N) is 2. The van der Waals surface area contributed by atoms with Gasteiger partial charge in [-0.1, -0.05) is 30.3 Å². The lowest BCUT2D eigenvalue weighted by atomic mass is 10.1. The molecule has 36 heavy (non-hydrogen) atoms. The number of thiocarbonyl (C=S) groups is 1. The van der Waals surface area contributed by atoms with Crippen molar-refractivity contribution in [1.82, 2.24) is 20.1 Å². The minimum Gasteiger partial charge on any atom is -0.494 e. The van der Waals surface area contributed by atoms with Crippen LogP contribution in [0.25, 0.3) is 10.9 Å². The van der Waals surface area contributed by atoms with E-state index < -0.39 is 0 Å². The number of hydrogen-bond donors (Lipinski definition) is 2. The molecule has 0 saturated carbocycles. The van der Waals surface area contributed by atoms with Crippen LogP contribution in [0.1, 0.15) is 24.5 Å². The summed E-state index contributed by atoms with van der Waals surface area (Å²) in [5, 5.41) is 5.04. The summed E-state index contributed by atoms with van der Waals surface area (Å²) in [7, 11) is 0. The molecular weight excluding hydrogens is 472 g/mol. The van der Waals surface area contributed by atoms with E-state index in [2.05, 4.69) is 44.4 Å². The summed E-state index contributed by atoms with van der Waals surface area (Å²) in [6.07, 6.45) is 1.85. The molecule has 0 radical (unpaired) electrons. The lowest BCUT2D eigenvalue weighted by Crippen LogP contribution is -2.43. The molecule has 1 aliphatic rings. The van der Waals surface area contributed by atoms with E-state index >= 15 is 0 Å². The van der Waals surface area contributed by atoms with Gasteiger partial charge in [0, 0.05) is 49.2 Å². The van der Waals surface area contributed by atoms with E-state index in [0.717, 1.165) is 75.4 Å². The van der Waals surface area contributed by atoms with Gasteiger partial charge in [-0.05, 0) is 61.8 Å². The second-order valence-corrected chi connectivity index (χ2v) is 9.39. The number of rotatable bonds is 11. The van der Waals surface area contributed by atoms with Crippen molar-refractivity contribution < 1.29 is 9.47 Å². The number of H-pyrrole nitrogens is 1. The fourth-order valence-electron chi connectivity index (χ4n) is 4.44. The Balaban J connectivity index is 1.45. The van der Waals surface area contributed by atoms with E-state index in [9.17, 15) is 4.79 Å². The molecule has 0 amide bonds. The summed E-state index contributed by atoms with van der Waals surface area (Å²) in [4.78, 5) is 20.5. The summed E-state index contributed by atoms with van der Waals surface area (Å²) < 4.78 is 11.1. The SMILES string of the molecule is CCOc1ccc2[nH]c(=O)c(CN(CCCN3CCOCC3)C(=S)NCCc3ccccc3)cc2c1. The van der Waals surface area contributed by atoms with Crippen molar-refractivity contribution in [1.29, 1.82) is 0 Å². The Bertz CT molecular complexity index is 1180. The van der Waals surface area contributed by atoms with Gasteiger partial charge in [0.1, 0.15) is 5.75 Å². The van der Waals surface area contributed by atoms with Crippen LogP contribution in [0.15, 0.2) is 59.4 Å². The first-order chi connectivity index (χ1) is 17.6. The van der Waals surface area contributed by atoms with Crippen molar-refractivity contribution in [2.75, 3.05) is 52.5 Å². The van der Waals surface area contributed by atoms with Crippen LogP contribution in [0.4, 0.5) is 0 Å². The molecule has 0 aliphatic carbocycles. The summed E-state index contributed by atoms with van der Waals surface area (Å²) in [5.74, 6) is 0.795. The van der Waals surface area contributed by atoms with Crippen LogP contribution in [0.3, 0.4) is 0 Å². The third-order valence-electron chi connectivity index (χ3n) is 6.39. The average molecular weight is 509 g/mol. The first-order valence-corrected chi connectivity index (χ1v) is 13.2. The Morgan fingerprint density at radius 3 is 2.75 bits per heavy atom. The van der Waals surface area contributed by atoms with Gasteiger partial charge in [-0.15, -0.1) is 0 Å². The summed E-state index contributed by atoms with van der Waals surface area (Å²) in [6, 6.07) is 18.1. The Hall–Kier alpha value is -2.94. The highest BCUT2D eigenvalue weighted by Gasteiger charge is 2.15. The molecule has 0 atom stereocenters. The fraction of sp³-hybridized carbons (Fsp3) is 0.429. The third-order valence-corrected chi connectivity index (χ3v) is 6.79. The molecule has 7 nitrogen and oxygen atoms in total. The summed E-state index contributed by atoms with van der Waals surface area (Å²) >= 11 is 5.80. The summed E-state index contributed by atoms with van der Waals surface area (Å²) in [5.41, 5.74) is 2.67. The number of nitrogens with one attached hydrogen (secondary N) is 2. The van der Waals surface area contributed by atoms with Crippen molar-refractivity contribution >= 4 is 28.2 Å². The van der Waals surface area contributed by atoms with Gasteiger partial charge in [-0.3, -0.25) is 9.69 Å². The maximum Gasteiger partial charge on any atom is 0.253 e. The molecule has 2 heterocycles. The molecule has 1 fully saturated rings. The molecule has 0 spiro atoms. The quantitative estimate of drug-likeness (QED) is 0.384. The molecule has 1 saturated heterocycles. The largest absolute Gasteiger partial charge is 0.494 e. The molecule has 3 aromatic rings. The Morgan fingerprint density at radius 2 is 1.97 bits per heavy atom. The van der Waals surface area contributed by atoms with E-state index in [0.29, 0.717) is 23.8 Å². The van der Waals surface area contributed by atoms with Crippen LogP contribution in [0.5, 0.6) is 5.75 Å². The van der Waals surface area contributed by atoms with Gasteiger partial charge < -0.3 is 24.7 Å². The predicted molar refractivity (Wildman–Crippen MR) is 149 cm³/mol. The van der Waals surface area contributed by atoms with Gasteiger partial charge in [0.25, 0.3) is 5.56 Å². The van der Waals surface area contributed by atoms with Crippen LogP contribution in [-0.4, -0.2) is 72.4 Å². The van der Waals surface area contributed by atoms with Crippen LogP contribution >= 0.6 is 12.2 Å². The molecule has 0 bridgehead atoms. The minimum atomic E-state index is -0.0862. The number of fused-ring (bicyclic) bond motifs is 1. The molecular formula is C28H36N4O3S. The number of benzene rings is 2. The van der Waals surface area contributed by atoms with Crippen LogP contribution < -0.4 is 15.6 Å². The number of aromatic nitrogens is 1. The Kier molecular flexibility index (Phi) is 9.72. The second-order valence-electron chi connectivity index (χ2n) is 9.00. The van der Waals surface area contributed by atoms with Crippen molar-refractivity contribution in [3.05, 3.63) is 76.1 Å². The monoisotopic (exact) mass is 508 g/mol. The highest BCUT2D eigenvalue weighted by Crippen LogP contribution is 2.20. The molecule has 0 unspecified atom stereocenters. The summed E-state index contributed by atoms with van der Waals surface area (Å²) in [6.45, 7) is 9.02. The zero-order chi connectivity index (χ0) is 25.2. The maximum absolute atomic E-state index is 12.9. The molecule has 2 N–H and O–H groups in total. The molecule has 8 heteroatoms. The normalized spacial score (nSPS) is 14.0. The van der Waals surface area contributed by atoms with Crippen molar-refractivity contribution in [3.63, 3.8) is 0 Å². The molecule has 1 aromatic heterocycles. The highest BCUT2D eigenvalue weighted by molar-refractivity contribution is 7.80. The first-order valence-electron chi connectivity index (χ1n) is 12.8. The van der Waals surface area contributed by atoms with Crippen LogP contribution in [-0.2, 0) is 17.7 Å². The van der Waals surface area contributed by atoms with Crippen molar-refractivity contribution in [3.8, 4) is 5.75 Å². The number of hydrogen-bond acceptors (Lipinski definition) is 5.